The highest BCUT2D eigenvalue weighted by Gasteiger charge is 2.38. The zero-order valence-electron chi connectivity index (χ0n) is 15.2. The van der Waals surface area contributed by atoms with E-state index < -0.39 is 0 Å². The largest absolute Gasteiger partial charge is 0.417 e. The molecular weight excluding hydrogens is 300 g/mol. The molecule has 24 heavy (non-hydrogen) atoms. The number of piperidine rings is 1. The first-order chi connectivity index (χ1) is 11.5. The molecule has 2 atom stereocenters. The van der Waals surface area contributed by atoms with E-state index >= 15 is 0 Å². The van der Waals surface area contributed by atoms with Crippen LogP contribution in [0.1, 0.15) is 58.4 Å². The predicted molar refractivity (Wildman–Crippen MR) is 98.5 cm³/mol. The summed E-state index contributed by atoms with van der Waals surface area (Å²) in [6, 6.07) is 6.19. The van der Waals surface area contributed by atoms with Gasteiger partial charge in [-0.2, -0.15) is 0 Å². The lowest BCUT2D eigenvalue weighted by atomic mass is 9.68. The topological polar surface area (TPSA) is 49.2 Å². The van der Waals surface area contributed by atoms with Gasteiger partial charge in [-0.05, 0) is 55.0 Å². The Labute approximate surface area is 144 Å². The van der Waals surface area contributed by atoms with Gasteiger partial charge in [0, 0.05) is 6.54 Å². The number of H-pyrrole nitrogens is 1. The van der Waals surface area contributed by atoms with Gasteiger partial charge in [-0.3, -0.25) is 4.98 Å². The molecule has 1 aromatic carbocycles. The molecule has 1 saturated heterocycles. The third-order valence-corrected chi connectivity index (χ3v) is 5.98. The molecule has 0 bridgehead atoms. The number of aromatic nitrogens is 1. The smallest absolute Gasteiger partial charge is 0.408 e. The lowest BCUT2D eigenvalue weighted by Crippen LogP contribution is -2.47. The summed E-state index contributed by atoms with van der Waals surface area (Å²) in [4.78, 5) is 16.7. The number of hydrogen-bond acceptors (Lipinski definition) is 3. The van der Waals surface area contributed by atoms with Crippen LogP contribution in [0.4, 0.5) is 0 Å². The number of aromatic amines is 1. The van der Waals surface area contributed by atoms with Gasteiger partial charge in [-0.1, -0.05) is 46.1 Å². The second-order valence-electron chi connectivity index (χ2n) is 7.66. The zero-order valence-corrected chi connectivity index (χ0v) is 15.2. The van der Waals surface area contributed by atoms with E-state index in [4.69, 9.17) is 4.42 Å². The minimum atomic E-state index is -0.373. The molecule has 1 aromatic heterocycles. The normalized spacial score (nSPS) is 25.4. The predicted octanol–water partition coefficient (Wildman–Crippen LogP) is 4.30. The summed E-state index contributed by atoms with van der Waals surface area (Å²) in [5, 5.41) is 0. The van der Waals surface area contributed by atoms with Gasteiger partial charge in [-0.15, -0.1) is 0 Å². The molecular formula is C20H30N2O2. The summed E-state index contributed by atoms with van der Waals surface area (Å²) in [6.07, 6.45) is 6.47. The number of nitrogens with zero attached hydrogens (tertiary/aromatic N) is 1. The Morgan fingerprint density at radius 3 is 2.92 bits per heavy atom. The van der Waals surface area contributed by atoms with Gasteiger partial charge in [0.1, 0.15) is 0 Å². The molecule has 1 aliphatic rings. The summed E-state index contributed by atoms with van der Waals surface area (Å²) in [5.74, 6) is 0.211. The zero-order chi connectivity index (χ0) is 17.2. The lowest BCUT2D eigenvalue weighted by Gasteiger charge is -2.45. The number of unbranched alkanes of at least 4 members (excludes halogenated alkanes) is 3. The number of hydrogen-bond donors (Lipinski definition) is 1. The second-order valence-corrected chi connectivity index (χ2v) is 7.66. The van der Waals surface area contributed by atoms with Gasteiger partial charge in [0.2, 0.25) is 0 Å². The van der Waals surface area contributed by atoms with Gasteiger partial charge < -0.3 is 9.32 Å². The molecule has 1 fully saturated rings. The van der Waals surface area contributed by atoms with E-state index in [1.165, 1.54) is 37.8 Å². The van der Waals surface area contributed by atoms with Crippen LogP contribution in [0.2, 0.25) is 0 Å². The van der Waals surface area contributed by atoms with E-state index in [2.05, 4.69) is 42.8 Å². The number of nitrogens with one attached hydrogen (secondary N) is 1. The van der Waals surface area contributed by atoms with Crippen LogP contribution < -0.4 is 5.76 Å². The molecule has 0 spiro atoms. The van der Waals surface area contributed by atoms with Crippen LogP contribution in [0.3, 0.4) is 0 Å². The molecule has 0 radical (unpaired) electrons. The Morgan fingerprint density at radius 2 is 2.17 bits per heavy atom. The Morgan fingerprint density at radius 1 is 1.33 bits per heavy atom. The fourth-order valence-electron chi connectivity index (χ4n) is 4.01. The lowest BCUT2D eigenvalue weighted by molar-refractivity contribution is 0.109. The van der Waals surface area contributed by atoms with Gasteiger partial charge in [0.15, 0.2) is 5.58 Å². The molecule has 2 aromatic rings. The van der Waals surface area contributed by atoms with E-state index in [9.17, 15) is 4.79 Å². The third-order valence-electron chi connectivity index (χ3n) is 5.98. The van der Waals surface area contributed by atoms with Crippen molar-refractivity contribution in [1.29, 1.82) is 0 Å². The fraction of sp³-hybridized carbons (Fsp3) is 0.650. The first-order valence-corrected chi connectivity index (χ1v) is 9.38. The van der Waals surface area contributed by atoms with Crippen molar-refractivity contribution in [2.75, 3.05) is 19.6 Å². The molecule has 4 heteroatoms. The van der Waals surface area contributed by atoms with Crippen molar-refractivity contribution in [3.63, 3.8) is 0 Å². The Hall–Kier alpha value is -1.55. The van der Waals surface area contributed by atoms with Crippen LogP contribution in [0.15, 0.2) is 27.4 Å². The second kappa shape index (κ2) is 7.14. The van der Waals surface area contributed by atoms with Crippen LogP contribution in [0.25, 0.3) is 11.1 Å². The number of oxazole rings is 1. The van der Waals surface area contributed by atoms with Crippen molar-refractivity contribution >= 4 is 11.1 Å². The van der Waals surface area contributed by atoms with Crippen molar-refractivity contribution in [2.45, 2.75) is 58.3 Å². The minimum absolute atomic E-state index is 0.143. The van der Waals surface area contributed by atoms with E-state index in [0.29, 0.717) is 11.5 Å². The molecule has 3 rings (SSSR count). The van der Waals surface area contributed by atoms with Crippen LogP contribution in [0.5, 0.6) is 0 Å². The first-order valence-electron chi connectivity index (χ1n) is 9.38. The Balaban J connectivity index is 1.69. The molecule has 132 valence electrons. The first kappa shape index (κ1) is 17.3. The van der Waals surface area contributed by atoms with Crippen molar-refractivity contribution in [3.8, 4) is 0 Å². The summed E-state index contributed by atoms with van der Waals surface area (Å²) in [6.45, 7) is 10.5. The maximum absolute atomic E-state index is 11.4. The molecule has 4 nitrogen and oxygen atoms in total. The summed E-state index contributed by atoms with van der Waals surface area (Å²) in [5.41, 5.74) is 2.89. The molecule has 0 aliphatic carbocycles. The average Bonchev–Trinajstić information content (AvgIpc) is 2.94. The van der Waals surface area contributed by atoms with Gasteiger partial charge in [-0.25, -0.2) is 4.79 Å². The highest BCUT2D eigenvalue weighted by molar-refractivity contribution is 5.73. The highest BCUT2D eigenvalue weighted by Crippen LogP contribution is 2.40. The molecule has 0 saturated carbocycles. The SMILES string of the molecule is CCCCCCN1CC[C@](C)(c2ccc3[nH]c(=O)oc3c2)[C@@H](C)C1. The van der Waals surface area contributed by atoms with Crippen LogP contribution in [-0.4, -0.2) is 29.5 Å². The molecule has 2 heterocycles. The van der Waals surface area contributed by atoms with Crippen LogP contribution >= 0.6 is 0 Å². The van der Waals surface area contributed by atoms with Crippen molar-refractivity contribution in [3.05, 3.63) is 34.3 Å². The number of benzene rings is 1. The Bertz CT molecular complexity index is 733. The summed E-state index contributed by atoms with van der Waals surface area (Å²) < 4.78 is 5.26. The van der Waals surface area contributed by atoms with Crippen LogP contribution in [-0.2, 0) is 5.41 Å². The van der Waals surface area contributed by atoms with Crippen molar-refractivity contribution in [2.24, 2.45) is 5.92 Å². The Kier molecular flexibility index (Phi) is 5.14. The molecule has 1 aliphatic heterocycles. The van der Waals surface area contributed by atoms with E-state index in [0.717, 1.165) is 25.0 Å². The standard InChI is InChI=1S/C20H30N2O2/c1-4-5-6-7-11-22-12-10-20(3,15(2)14-22)16-8-9-17-18(13-16)24-19(23)21-17/h8-9,13,15H,4-7,10-12,14H2,1-3H3,(H,21,23)/t15-,20-/m0/s1. The third kappa shape index (κ3) is 3.44. The van der Waals surface area contributed by atoms with Crippen LogP contribution in [0, 0.1) is 5.92 Å². The molecule has 0 unspecified atom stereocenters. The molecule has 1 N–H and O–H groups in total. The highest BCUT2D eigenvalue weighted by atomic mass is 16.4. The van der Waals surface area contributed by atoms with Gasteiger partial charge >= 0.3 is 5.76 Å². The summed E-state index contributed by atoms with van der Waals surface area (Å²) >= 11 is 0. The number of fused-ring (bicyclic) bond motifs is 1. The van der Waals surface area contributed by atoms with Gasteiger partial charge in [0.25, 0.3) is 0 Å². The van der Waals surface area contributed by atoms with Crippen molar-refractivity contribution in [1.82, 2.24) is 9.88 Å². The fourth-order valence-corrected chi connectivity index (χ4v) is 4.01. The summed E-state index contributed by atoms with van der Waals surface area (Å²) in [7, 11) is 0. The monoisotopic (exact) mass is 330 g/mol. The number of likely N-dealkylation sites (tertiary alicyclic amines) is 1. The molecule has 0 amide bonds. The van der Waals surface area contributed by atoms with E-state index in [1.54, 1.807) is 0 Å². The minimum Gasteiger partial charge on any atom is -0.408 e. The maximum atomic E-state index is 11.4. The average molecular weight is 330 g/mol. The number of rotatable bonds is 6. The van der Waals surface area contributed by atoms with Crippen molar-refractivity contribution < 1.29 is 4.42 Å². The van der Waals surface area contributed by atoms with E-state index in [-0.39, 0.29) is 11.2 Å². The maximum Gasteiger partial charge on any atom is 0.417 e. The van der Waals surface area contributed by atoms with E-state index in [1.807, 2.05) is 6.07 Å². The quantitative estimate of drug-likeness (QED) is 0.803. The van der Waals surface area contributed by atoms with Gasteiger partial charge in [0.05, 0.1) is 5.52 Å².